The van der Waals surface area contributed by atoms with Gasteiger partial charge in [0.1, 0.15) is 0 Å². The van der Waals surface area contributed by atoms with Crippen LogP contribution in [0.5, 0.6) is 0 Å². The number of benzene rings is 1. The largest absolute Gasteiger partial charge is 0.373 e. The number of nitrogens with one attached hydrogen (secondary N) is 3. The van der Waals surface area contributed by atoms with Gasteiger partial charge in [-0.15, -0.1) is 0 Å². The molecular weight excluding hydrogens is 338 g/mol. The fourth-order valence-electron chi connectivity index (χ4n) is 3.32. The lowest BCUT2D eigenvalue weighted by Gasteiger charge is -2.29. The van der Waals surface area contributed by atoms with Gasteiger partial charge in [0, 0.05) is 71.1 Å². The van der Waals surface area contributed by atoms with Crippen LogP contribution < -0.4 is 20.9 Å². The zero-order valence-corrected chi connectivity index (χ0v) is 17.4. The molecule has 3 heterocycles. The van der Waals surface area contributed by atoms with E-state index in [0.29, 0.717) is 12.2 Å². The van der Waals surface area contributed by atoms with Crippen LogP contribution >= 0.6 is 0 Å². The number of rotatable bonds is 1. The molecule has 6 heteroatoms. The van der Waals surface area contributed by atoms with Gasteiger partial charge in [-0.05, 0) is 33.0 Å². The van der Waals surface area contributed by atoms with Gasteiger partial charge in [-0.3, -0.25) is 0 Å². The highest BCUT2D eigenvalue weighted by Crippen LogP contribution is 2.12. The molecule has 3 saturated heterocycles. The summed E-state index contributed by atoms with van der Waals surface area (Å²) in [5, 5.41) is 9.88. The fraction of sp³-hybridized carbons (Fsp3) is 0.714. The molecule has 0 amide bonds. The predicted molar refractivity (Wildman–Crippen MR) is 115 cm³/mol. The van der Waals surface area contributed by atoms with Crippen molar-refractivity contribution < 1.29 is 4.74 Å². The average molecular weight is 378 g/mol. The molecule has 6 nitrogen and oxygen atoms in total. The first-order valence-corrected chi connectivity index (χ1v) is 10.4. The number of hydrogen-bond donors (Lipinski definition) is 3. The normalized spacial score (nSPS) is 26.3. The third-order valence-electron chi connectivity index (χ3n) is 4.91. The van der Waals surface area contributed by atoms with Gasteiger partial charge in [0.15, 0.2) is 0 Å². The fourth-order valence-corrected chi connectivity index (χ4v) is 3.32. The van der Waals surface area contributed by atoms with E-state index < -0.39 is 0 Å². The Kier molecular flexibility index (Phi) is 10.7. The topological polar surface area (TPSA) is 51.8 Å². The molecule has 3 fully saturated rings. The van der Waals surface area contributed by atoms with E-state index in [0.717, 1.165) is 52.4 Å². The second-order valence-electron chi connectivity index (χ2n) is 7.54. The average Bonchev–Trinajstić information content (AvgIpc) is 2.71. The molecule has 2 unspecified atom stereocenters. The number of likely N-dealkylation sites (N-methyl/N-ethyl adjacent to an activating group) is 1. The summed E-state index contributed by atoms with van der Waals surface area (Å²) in [7, 11) is 2.15. The van der Waals surface area contributed by atoms with Crippen molar-refractivity contribution in [3.63, 3.8) is 0 Å². The number of piperazine rings is 2. The van der Waals surface area contributed by atoms with Crippen molar-refractivity contribution in [1.82, 2.24) is 20.9 Å². The van der Waals surface area contributed by atoms with Crippen LogP contribution in [0.15, 0.2) is 30.3 Å². The quantitative estimate of drug-likeness (QED) is 0.679. The van der Waals surface area contributed by atoms with E-state index in [4.69, 9.17) is 4.74 Å². The Bertz CT molecular complexity index is 467. The van der Waals surface area contributed by atoms with Crippen molar-refractivity contribution in [3.05, 3.63) is 30.3 Å². The molecule has 0 aliphatic carbocycles. The number of para-hydroxylation sites is 1. The van der Waals surface area contributed by atoms with Crippen LogP contribution in [0.2, 0.25) is 0 Å². The maximum absolute atomic E-state index is 5.42. The van der Waals surface area contributed by atoms with Gasteiger partial charge in [0.25, 0.3) is 0 Å². The zero-order chi connectivity index (χ0) is 19.3. The molecule has 1 aromatic carbocycles. The molecule has 4 rings (SSSR count). The van der Waals surface area contributed by atoms with E-state index >= 15 is 0 Å². The van der Waals surface area contributed by atoms with Crippen LogP contribution in [0.25, 0.3) is 0 Å². The molecule has 0 spiro atoms. The Morgan fingerprint density at radius 2 is 1.30 bits per heavy atom. The minimum atomic E-state index is 0.402. The number of ether oxygens (including phenoxy) is 1. The third-order valence-corrected chi connectivity index (χ3v) is 4.91. The molecular formula is C21H39N5O. The van der Waals surface area contributed by atoms with Crippen LogP contribution in [0.4, 0.5) is 5.69 Å². The van der Waals surface area contributed by atoms with E-state index in [1.165, 1.54) is 18.8 Å². The van der Waals surface area contributed by atoms with Crippen molar-refractivity contribution in [2.45, 2.75) is 26.1 Å². The Hall–Kier alpha value is -1.18. The molecule has 3 aliphatic rings. The summed E-state index contributed by atoms with van der Waals surface area (Å²) in [6.07, 6.45) is 0.803. The number of anilines is 1. The number of hydrogen-bond acceptors (Lipinski definition) is 6. The Morgan fingerprint density at radius 1 is 0.778 bits per heavy atom. The van der Waals surface area contributed by atoms with Crippen LogP contribution in [0.1, 0.15) is 13.8 Å². The summed E-state index contributed by atoms with van der Waals surface area (Å²) >= 11 is 0. The van der Waals surface area contributed by atoms with Gasteiger partial charge in [0.05, 0.1) is 12.2 Å². The predicted octanol–water partition coefficient (Wildman–Crippen LogP) is 1.00. The van der Waals surface area contributed by atoms with E-state index in [-0.39, 0.29) is 0 Å². The first-order chi connectivity index (χ1) is 13.1. The molecule has 3 N–H and O–H groups in total. The van der Waals surface area contributed by atoms with Crippen LogP contribution in [0, 0.1) is 0 Å². The maximum atomic E-state index is 5.42. The minimum absolute atomic E-state index is 0.402. The van der Waals surface area contributed by atoms with Gasteiger partial charge in [-0.25, -0.2) is 0 Å². The molecule has 0 saturated carbocycles. The SMILES string of the molecule is CC1CNCC(C)O1.CN1CCNCC1.c1ccc(N2CCNCC2)cc1. The molecule has 27 heavy (non-hydrogen) atoms. The van der Waals surface area contributed by atoms with Gasteiger partial charge in [-0.1, -0.05) is 18.2 Å². The molecule has 0 aromatic heterocycles. The summed E-state index contributed by atoms with van der Waals surface area (Å²) in [6, 6.07) is 10.6. The van der Waals surface area contributed by atoms with Crippen LogP contribution in [-0.4, -0.2) is 89.6 Å². The molecule has 0 bridgehead atoms. The van der Waals surface area contributed by atoms with E-state index in [1.54, 1.807) is 0 Å². The smallest absolute Gasteiger partial charge is 0.0675 e. The minimum Gasteiger partial charge on any atom is -0.373 e. The first-order valence-electron chi connectivity index (χ1n) is 10.4. The molecule has 1 aromatic rings. The monoisotopic (exact) mass is 377 g/mol. The Balaban J connectivity index is 0.000000153. The van der Waals surface area contributed by atoms with Crippen molar-refractivity contribution >= 4 is 5.69 Å². The van der Waals surface area contributed by atoms with Crippen LogP contribution in [-0.2, 0) is 4.74 Å². The van der Waals surface area contributed by atoms with Crippen molar-refractivity contribution in [3.8, 4) is 0 Å². The summed E-state index contributed by atoms with van der Waals surface area (Å²) in [5.41, 5.74) is 1.35. The number of nitrogens with zero attached hydrogens (tertiary/aromatic N) is 2. The van der Waals surface area contributed by atoms with Crippen molar-refractivity contribution in [1.29, 1.82) is 0 Å². The first kappa shape index (κ1) is 22.1. The lowest BCUT2D eigenvalue weighted by Crippen LogP contribution is -2.43. The molecule has 3 aliphatic heterocycles. The summed E-state index contributed by atoms with van der Waals surface area (Å²) < 4.78 is 5.42. The Morgan fingerprint density at radius 3 is 1.70 bits per heavy atom. The summed E-state index contributed by atoms with van der Waals surface area (Å²) in [5.74, 6) is 0. The van der Waals surface area contributed by atoms with Gasteiger partial charge < -0.3 is 30.5 Å². The second kappa shape index (κ2) is 13.1. The highest BCUT2D eigenvalue weighted by molar-refractivity contribution is 5.46. The standard InChI is InChI=1S/C10H14N2.C6H13NO.C5H12N2/c1-2-4-10(5-3-1)12-8-6-11-7-9-12;1-5-3-7-4-6(2)8-5;1-7-4-2-6-3-5-7/h1-5,11H,6-9H2;5-7H,3-4H2,1-2H3;6H,2-5H2,1H3. The third kappa shape index (κ3) is 9.53. The molecule has 2 atom stereocenters. The van der Waals surface area contributed by atoms with E-state index in [1.807, 2.05) is 0 Å². The second-order valence-corrected chi connectivity index (χ2v) is 7.54. The lowest BCUT2D eigenvalue weighted by molar-refractivity contribution is -0.0166. The summed E-state index contributed by atoms with van der Waals surface area (Å²) in [4.78, 5) is 4.74. The van der Waals surface area contributed by atoms with Gasteiger partial charge >= 0.3 is 0 Å². The summed E-state index contributed by atoms with van der Waals surface area (Å²) in [6.45, 7) is 15.4. The van der Waals surface area contributed by atoms with Crippen molar-refractivity contribution in [2.75, 3.05) is 77.4 Å². The molecule has 0 radical (unpaired) electrons. The zero-order valence-electron chi connectivity index (χ0n) is 17.4. The molecule has 154 valence electrons. The maximum Gasteiger partial charge on any atom is 0.0675 e. The highest BCUT2D eigenvalue weighted by atomic mass is 16.5. The van der Waals surface area contributed by atoms with Crippen LogP contribution in [0.3, 0.4) is 0 Å². The van der Waals surface area contributed by atoms with Crippen molar-refractivity contribution in [2.24, 2.45) is 0 Å². The van der Waals surface area contributed by atoms with Gasteiger partial charge in [-0.2, -0.15) is 0 Å². The lowest BCUT2D eigenvalue weighted by atomic mass is 10.2. The van der Waals surface area contributed by atoms with Gasteiger partial charge in [0.2, 0.25) is 0 Å². The number of morpholine rings is 1. The van der Waals surface area contributed by atoms with E-state index in [9.17, 15) is 0 Å². The van der Waals surface area contributed by atoms with E-state index in [2.05, 4.69) is 77.0 Å². The highest BCUT2D eigenvalue weighted by Gasteiger charge is 2.13. The Labute approximate surface area is 165 Å².